The summed E-state index contributed by atoms with van der Waals surface area (Å²) in [7, 11) is 0. The number of hydrogen-bond donors (Lipinski definition) is 2. The zero-order valence-electron chi connectivity index (χ0n) is 20.0. The van der Waals surface area contributed by atoms with Crippen molar-refractivity contribution in [3.8, 4) is 0 Å². The molecule has 2 fully saturated rings. The molecular weight excluding hydrogens is 434 g/mol. The zero-order valence-corrected chi connectivity index (χ0v) is 20.0. The van der Waals surface area contributed by atoms with Crippen molar-refractivity contribution in [2.75, 3.05) is 23.4 Å². The molecule has 34 heavy (non-hydrogen) atoms. The number of nitrogens with one attached hydrogen (secondary N) is 2. The monoisotopic (exact) mass is 465 g/mol. The fraction of sp³-hybridized carbons (Fsp3) is 0.423. The van der Waals surface area contributed by atoms with Gasteiger partial charge in [-0.2, -0.15) is 0 Å². The van der Waals surface area contributed by atoms with Gasteiger partial charge in [0.2, 0.25) is 0 Å². The Morgan fingerprint density at radius 2 is 1.79 bits per heavy atom. The number of anilines is 2. The van der Waals surface area contributed by atoms with Gasteiger partial charge in [0.05, 0.1) is 12.1 Å². The molecule has 180 valence electrons. The van der Waals surface area contributed by atoms with Crippen LogP contribution < -0.4 is 15.5 Å². The first kappa shape index (κ1) is 23.6. The number of alkyl carbamates (subject to hydrolysis) is 1. The van der Waals surface area contributed by atoms with Crippen molar-refractivity contribution in [2.24, 2.45) is 0 Å². The first-order valence-corrected chi connectivity index (χ1v) is 11.6. The normalized spacial score (nSPS) is 21.6. The number of amides is 3. The maximum atomic E-state index is 12.6. The van der Waals surface area contributed by atoms with Crippen molar-refractivity contribution in [1.29, 1.82) is 0 Å². The molecule has 2 aromatic carbocycles. The van der Waals surface area contributed by atoms with Crippen molar-refractivity contribution in [3.63, 3.8) is 0 Å². The Bertz CT molecular complexity index is 1080. The number of cyclic esters (lactones) is 1. The highest BCUT2D eigenvalue weighted by Crippen LogP contribution is 2.53. The van der Waals surface area contributed by atoms with Crippen LogP contribution in [0, 0.1) is 0 Å². The van der Waals surface area contributed by atoms with Crippen LogP contribution in [0.1, 0.15) is 62.4 Å². The Morgan fingerprint density at radius 1 is 1.12 bits per heavy atom. The molecule has 2 N–H and O–H groups in total. The van der Waals surface area contributed by atoms with Gasteiger partial charge in [0.1, 0.15) is 12.2 Å². The van der Waals surface area contributed by atoms with Crippen LogP contribution in [-0.2, 0) is 9.47 Å². The summed E-state index contributed by atoms with van der Waals surface area (Å²) in [6, 6.07) is 14.5. The fourth-order valence-electron chi connectivity index (χ4n) is 4.29. The topological polar surface area (TPSA) is 97.0 Å². The average Bonchev–Trinajstić information content (AvgIpc) is 3.33. The van der Waals surface area contributed by atoms with E-state index in [1.54, 1.807) is 24.3 Å². The van der Waals surface area contributed by atoms with Crippen LogP contribution in [0.2, 0.25) is 0 Å². The summed E-state index contributed by atoms with van der Waals surface area (Å²) < 4.78 is 10.4. The number of nitrogens with zero attached hydrogens (tertiary/aromatic N) is 1. The van der Waals surface area contributed by atoms with Crippen LogP contribution in [0.5, 0.6) is 0 Å². The van der Waals surface area contributed by atoms with Gasteiger partial charge in [-0.15, -0.1) is 0 Å². The van der Waals surface area contributed by atoms with Gasteiger partial charge < -0.3 is 20.1 Å². The van der Waals surface area contributed by atoms with Gasteiger partial charge in [0, 0.05) is 22.9 Å². The summed E-state index contributed by atoms with van der Waals surface area (Å²) in [6.07, 6.45) is 0.890. The van der Waals surface area contributed by atoms with Crippen LogP contribution >= 0.6 is 0 Å². The SMILES string of the molecule is CCC1(NC(=O)OC(C)(C)C)CC1c1ccc(NC(=O)c2ccc(N3CCOC3=O)cc2)cc1. The molecule has 8 heteroatoms. The lowest BCUT2D eigenvalue weighted by Crippen LogP contribution is -2.41. The highest BCUT2D eigenvalue weighted by atomic mass is 16.6. The smallest absolute Gasteiger partial charge is 0.414 e. The molecule has 0 bridgehead atoms. The summed E-state index contributed by atoms with van der Waals surface area (Å²) in [6.45, 7) is 8.48. The van der Waals surface area contributed by atoms with Crippen molar-refractivity contribution < 1.29 is 23.9 Å². The molecule has 0 radical (unpaired) electrons. The molecule has 0 aromatic heterocycles. The lowest BCUT2D eigenvalue weighted by molar-refractivity contribution is 0.0492. The molecule has 1 saturated heterocycles. The van der Waals surface area contributed by atoms with Crippen LogP contribution in [0.15, 0.2) is 48.5 Å². The highest BCUT2D eigenvalue weighted by molar-refractivity contribution is 6.04. The van der Waals surface area contributed by atoms with E-state index in [-0.39, 0.29) is 23.5 Å². The Morgan fingerprint density at radius 3 is 2.35 bits per heavy atom. The summed E-state index contributed by atoms with van der Waals surface area (Å²) in [5.41, 5.74) is 2.16. The van der Waals surface area contributed by atoms with Crippen LogP contribution in [0.3, 0.4) is 0 Å². The van der Waals surface area contributed by atoms with Gasteiger partial charge in [-0.3, -0.25) is 9.69 Å². The lowest BCUT2D eigenvalue weighted by atomic mass is 10.0. The van der Waals surface area contributed by atoms with Crippen LogP contribution in [-0.4, -0.2) is 42.4 Å². The number of ether oxygens (including phenoxy) is 2. The number of carbonyl (C=O) groups is 3. The maximum Gasteiger partial charge on any atom is 0.414 e. The van der Waals surface area contributed by atoms with Crippen molar-refractivity contribution in [2.45, 2.75) is 57.6 Å². The molecule has 2 atom stereocenters. The predicted molar refractivity (Wildman–Crippen MR) is 129 cm³/mol. The second-order valence-corrected chi connectivity index (χ2v) is 9.78. The van der Waals surface area contributed by atoms with E-state index in [0.717, 1.165) is 18.4 Å². The maximum absolute atomic E-state index is 12.6. The summed E-state index contributed by atoms with van der Waals surface area (Å²) >= 11 is 0. The Kier molecular flexibility index (Phi) is 6.25. The van der Waals surface area contributed by atoms with Crippen LogP contribution in [0.25, 0.3) is 0 Å². The first-order valence-electron chi connectivity index (χ1n) is 11.6. The summed E-state index contributed by atoms with van der Waals surface area (Å²) in [5, 5.41) is 5.96. The standard InChI is InChI=1S/C26H31N3O5/c1-5-26(28-23(31)34-25(2,3)4)16-21(26)17-6-10-19(11-7-17)27-22(30)18-8-12-20(13-9-18)29-14-15-33-24(29)32/h6-13,21H,5,14-16H2,1-4H3,(H,27,30)(H,28,31). The number of rotatable bonds is 6. The molecule has 2 aromatic rings. The quantitative estimate of drug-likeness (QED) is 0.622. The third-order valence-corrected chi connectivity index (χ3v) is 6.23. The molecule has 2 aliphatic rings. The third kappa shape index (κ3) is 5.16. The molecule has 1 saturated carbocycles. The van der Waals surface area contributed by atoms with Crippen molar-refractivity contribution in [3.05, 3.63) is 59.7 Å². The third-order valence-electron chi connectivity index (χ3n) is 6.23. The van der Waals surface area contributed by atoms with E-state index in [9.17, 15) is 14.4 Å². The molecular formula is C26H31N3O5. The molecule has 1 heterocycles. The highest BCUT2D eigenvalue weighted by Gasteiger charge is 2.55. The molecule has 2 unspecified atom stereocenters. The minimum absolute atomic E-state index is 0.208. The summed E-state index contributed by atoms with van der Waals surface area (Å²) in [5.74, 6) is -0.0243. The molecule has 1 aliphatic heterocycles. The molecule has 0 spiro atoms. The molecule has 4 rings (SSSR count). The minimum atomic E-state index is -0.538. The number of carbonyl (C=O) groups excluding carboxylic acids is 3. The fourth-order valence-corrected chi connectivity index (χ4v) is 4.29. The molecule has 3 amide bonds. The molecule has 1 aliphatic carbocycles. The largest absolute Gasteiger partial charge is 0.447 e. The van der Waals surface area contributed by atoms with Gasteiger partial charge in [0.15, 0.2) is 0 Å². The Balaban J connectivity index is 1.35. The lowest BCUT2D eigenvalue weighted by Gasteiger charge is -2.23. The molecule has 8 nitrogen and oxygen atoms in total. The first-order chi connectivity index (χ1) is 16.1. The van der Waals surface area contributed by atoms with Crippen molar-refractivity contribution >= 4 is 29.5 Å². The van der Waals surface area contributed by atoms with E-state index in [4.69, 9.17) is 9.47 Å². The van der Waals surface area contributed by atoms with Gasteiger partial charge >= 0.3 is 12.2 Å². The Labute approximate surface area is 199 Å². The number of hydrogen-bond acceptors (Lipinski definition) is 5. The van der Waals surface area contributed by atoms with Gasteiger partial charge in [0.25, 0.3) is 5.91 Å². The van der Waals surface area contributed by atoms with E-state index < -0.39 is 11.7 Å². The van der Waals surface area contributed by atoms with Gasteiger partial charge in [-0.25, -0.2) is 9.59 Å². The van der Waals surface area contributed by atoms with E-state index in [1.807, 2.05) is 45.0 Å². The van der Waals surface area contributed by atoms with E-state index >= 15 is 0 Å². The predicted octanol–water partition coefficient (Wildman–Crippen LogP) is 5.06. The van der Waals surface area contributed by atoms with E-state index in [0.29, 0.717) is 30.1 Å². The average molecular weight is 466 g/mol. The van der Waals surface area contributed by atoms with E-state index in [1.165, 1.54) is 4.90 Å². The minimum Gasteiger partial charge on any atom is -0.447 e. The van der Waals surface area contributed by atoms with Crippen LogP contribution in [0.4, 0.5) is 21.0 Å². The number of benzene rings is 2. The van der Waals surface area contributed by atoms with Crippen molar-refractivity contribution in [1.82, 2.24) is 5.32 Å². The second kappa shape index (κ2) is 9.00. The second-order valence-electron chi connectivity index (χ2n) is 9.78. The Hall–Kier alpha value is -3.55. The van der Waals surface area contributed by atoms with E-state index in [2.05, 4.69) is 17.6 Å². The van der Waals surface area contributed by atoms with Gasteiger partial charge in [-0.05, 0) is 75.6 Å². The van der Waals surface area contributed by atoms with Gasteiger partial charge in [-0.1, -0.05) is 19.1 Å². The summed E-state index contributed by atoms with van der Waals surface area (Å²) in [4.78, 5) is 38.1. The zero-order chi connectivity index (χ0) is 24.5.